The van der Waals surface area contributed by atoms with Gasteiger partial charge in [-0.3, -0.25) is 4.79 Å². The standard InChI is InChI=1S/C14H23NO2/c1-11(2)6-7-12(3)15-14(16)9-8-13-5-4-10-17-13/h4-5,10-12H,6-9H2,1-3H3,(H,15,16). The van der Waals surface area contributed by atoms with Gasteiger partial charge < -0.3 is 9.73 Å². The van der Waals surface area contributed by atoms with Crippen molar-refractivity contribution in [1.82, 2.24) is 5.32 Å². The van der Waals surface area contributed by atoms with Gasteiger partial charge in [0, 0.05) is 18.9 Å². The fourth-order valence-corrected chi connectivity index (χ4v) is 1.69. The molecule has 0 aliphatic carbocycles. The zero-order chi connectivity index (χ0) is 12.7. The minimum Gasteiger partial charge on any atom is -0.469 e. The van der Waals surface area contributed by atoms with E-state index in [1.165, 1.54) is 0 Å². The number of aryl methyl sites for hydroxylation is 1. The minimum absolute atomic E-state index is 0.109. The molecular weight excluding hydrogens is 214 g/mol. The number of amides is 1. The third kappa shape index (κ3) is 6.15. The highest BCUT2D eigenvalue weighted by Crippen LogP contribution is 2.07. The van der Waals surface area contributed by atoms with E-state index >= 15 is 0 Å². The molecule has 1 unspecified atom stereocenters. The van der Waals surface area contributed by atoms with Gasteiger partial charge in [-0.25, -0.2) is 0 Å². The van der Waals surface area contributed by atoms with Gasteiger partial charge in [-0.1, -0.05) is 13.8 Å². The van der Waals surface area contributed by atoms with Gasteiger partial charge in [-0.2, -0.15) is 0 Å². The van der Waals surface area contributed by atoms with Crippen molar-refractivity contribution in [1.29, 1.82) is 0 Å². The van der Waals surface area contributed by atoms with Gasteiger partial charge in [0.1, 0.15) is 5.76 Å². The van der Waals surface area contributed by atoms with E-state index < -0.39 is 0 Å². The summed E-state index contributed by atoms with van der Waals surface area (Å²) in [5, 5.41) is 3.02. The molecule has 96 valence electrons. The average molecular weight is 237 g/mol. The van der Waals surface area contributed by atoms with E-state index in [4.69, 9.17) is 4.42 Å². The number of carbonyl (C=O) groups is 1. The first kappa shape index (κ1) is 13.8. The molecule has 1 atom stereocenters. The number of furan rings is 1. The van der Waals surface area contributed by atoms with Crippen LogP contribution in [0.25, 0.3) is 0 Å². The maximum atomic E-state index is 11.6. The molecule has 1 N–H and O–H groups in total. The molecule has 0 fully saturated rings. The topological polar surface area (TPSA) is 42.2 Å². The molecule has 1 rings (SSSR count). The maximum absolute atomic E-state index is 11.6. The molecule has 0 aromatic carbocycles. The van der Waals surface area contributed by atoms with Gasteiger partial charge in [0.25, 0.3) is 0 Å². The summed E-state index contributed by atoms with van der Waals surface area (Å²) in [5.41, 5.74) is 0. The summed E-state index contributed by atoms with van der Waals surface area (Å²) in [6.45, 7) is 6.46. The number of carbonyl (C=O) groups excluding carboxylic acids is 1. The Labute approximate surface area is 104 Å². The molecule has 1 aromatic heterocycles. The summed E-state index contributed by atoms with van der Waals surface area (Å²) in [6, 6.07) is 4.01. The van der Waals surface area contributed by atoms with Crippen LogP contribution in [0.15, 0.2) is 22.8 Å². The first-order chi connectivity index (χ1) is 8.08. The number of hydrogen-bond donors (Lipinski definition) is 1. The van der Waals surface area contributed by atoms with E-state index in [0.717, 1.165) is 18.6 Å². The van der Waals surface area contributed by atoms with Crippen molar-refractivity contribution in [2.45, 2.75) is 52.5 Å². The maximum Gasteiger partial charge on any atom is 0.220 e. The van der Waals surface area contributed by atoms with Crippen LogP contribution >= 0.6 is 0 Å². The summed E-state index contributed by atoms with van der Waals surface area (Å²) in [7, 11) is 0. The number of nitrogens with one attached hydrogen (secondary N) is 1. The Morgan fingerprint density at radius 1 is 1.35 bits per heavy atom. The summed E-state index contributed by atoms with van der Waals surface area (Å²) in [6.07, 6.45) is 5.01. The Kier molecular flexibility index (Phi) is 5.81. The van der Waals surface area contributed by atoms with Gasteiger partial charge in [-0.15, -0.1) is 0 Å². The van der Waals surface area contributed by atoms with Crippen LogP contribution in [0.5, 0.6) is 0 Å². The van der Waals surface area contributed by atoms with Crippen LogP contribution in [-0.4, -0.2) is 11.9 Å². The fourth-order valence-electron chi connectivity index (χ4n) is 1.69. The van der Waals surface area contributed by atoms with Crippen LogP contribution in [0.1, 0.15) is 45.8 Å². The Balaban J connectivity index is 2.16. The molecule has 0 saturated carbocycles. The Bertz CT molecular complexity index is 317. The van der Waals surface area contributed by atoms with Crippen LogP contribution in [0.3, 0.4) is 0 Å². The summed E-state index contributed by atoms with van der Waals surface area (Å²) in [4.78, 5) is 11.6. The molecule has 1 heterocycles. The third-order valence-corrected chi connectivity index (χ3v) is 2.76. The van der Waals surface area contributed by atoms with Crippen LogP contribution in [0, 0.1) is 5.92 Å². The average Bonchev–Trinajstić information content (AvgIpc) is 2.76. The third-order valence-electron chi connectivity index (χ3n) is 2.76. The van der Waals surface area contributed by atoms with Crippen molar-refractivity contribution in [2.24, 2.45) is 5.92 Å². The summed E-state index contributed by atoms with van der Waals surface area (Å²) < 4.78 is 5.19. The largest absolute Gasteiger partial charge is 0.469 e. The van der Waals surface area contributed by atoms with E-state index in [9.17, 15) is 4.79 Å². The first-order valence-electron chi connectivity index (χ1n) is 6.39. The highest BCUT2D eigenvalue weighted by molar-refractivity contribution is 5.76. The van der Waals surface area contributed by atoms with Gasteiger partial charge in [0.15, 0.2) is 0 Å². The van der Waals surface area contributed by atoms with Crippen molar-refractivity contribution in [3.05, 3.63) is 24.2 Å². The molecular formula is C14H23NO2. The molecule has 1 aromatic rings. The van der Waals surface area contributed by atoms with Crippen molar-refractivity contribution in [3.63, 3.8) is 0 Å². The molecule has 0 aliphatic rings. The van der Waals surface area contributed by atoms with Crippen molar-refractivity contribution >= 4 is 5.91 Å². The lowest BCUT2D eigenvalue weighted by Crippen LogP contribution is -2.32. The lowest BCUT2D eigenvalue weighted by molar-refractivity contribution is -0.121. The normalized spacial score (nSPS) is 12.7. The van der Waals surface area contributed by atoms with Crippen LogP contribution in [-0.2, 0) is 11.2 Å². The quantitative estimate of drug-likeness (QED) is 0.791. The van der Waals surface area contributed by atoms with E-state index in [1.807, 2.05) is 12.1 Å². The van der Waals surface area contributed by atoms with E-state index in [0.29, 0.717) is 18.8 Å². The van der Waals surface area contributed by atoms with Crippen LogP contribution in [0.4, 0.5) is 0 Å². The van der Waals surface area contributed by atoms with Crippen molar-refractivity contribution in [2.75, 3.05) is 0 Å². The molecule has 0 bridgehead atoms. The highest BCUT2D eigenvalue weighted by atomic mass is 16.3. The lowest BCUT2D eigenvalue weighted by atomic mass is 10.0. The Hall–Kier alpha value is -1.25. The zero-order valence-electron chi connectivity index (χ0n) is 11.0. The second-order valence-corrected chi connectivity index (χ2v) is 5.02. The molecule has 0 aliphatic heterocycles. The molecule has 1 amide bonds. The highest BCUT2D eigenvalue weighted by Gasteiger charge is 2.08. The molecule has 0 spiro atoms. The molecule has 3 heteroatoms. The monoisotopic (exact) mass is 237 g/mol. The molecule has 0 radical (unpaired) electrons. The van der Waals surface area contributed by atoms with Crippen molar-refractivity contribution in [3.8, 4) is 0 Å². The lowest BCUT2D eigenvalue weighted by Gasteiger charge is -2.14. The SMILES string of the molecule is CC(C)CCC(C)NC(=O)CCc1ccco1. The Morgan fingerprint density at radius 3 is 2.71 bits per heavy atom. The second kappa shape index (κ2) is 7.15. The van der Waals surface area contributed by atoms with E-state index in [2.05, 4.69) is 26.1 Å². The van der Waals surface area contributed by atoms with Gasteiger partial charge in [0.05, 0.1) is 6.26 Å². The van der Waals surface area contributed by atoms with Gasteiger partial charge >= 0.3 is 0 Å². The zero-order valence-corrected chi connectivity index (χ0v) is 11.0. The summed E-state index contributed by atoms with van der Waals surface area (Å²) in [5.74, 6) is 1.67. The predicted octanol–water partition coefficient (Wildman–Crippen LogP) is 3.15. The first-order valence-corrected chi connectivity index (χ1v) is 6.39. The number of rotatable bonds is 7. The molecule has 0 saturated heterocycles. The minimum atomic E-state index is 0.109. The van der Waals surface area contributed by atoms with Gasteiger partial charge in [0.2, 0.25) is 5.91 Å². The molecule has 17 heavy (non-hydrogen) atoms. The van der Waals surface area contributed by atoms with E-state index in [-0.39, 0.29) is 11.9 Å². The second-order valence-electron chi connectivity index (χ2n) is 5.02. The Morgan fingerprint density at radius 2 is 2.12 bits per heavy atom. The van der Waals surface area contributed by atoms with Crippen LogP contribution < -0.4 is 5.32 Å². The summed E-state index contributed by atoms with van der Waals surface area (Å²) >= 11 is 0. The fraction of sp³-hybridized carbons (Fsp3) is 0.643. The smallest absolute Gasteiger partial charge is 0.220 e. The van der Waals surface area contributed by atoms with Crippen molar-refractivity contribution < 1.29 is 9.21 Å². The predicted molar refractivity (Wildman–Crippen MR) is 68.7 cm³/mol. The molecule has 3 nitrogen and oxygen atoms in total. The van der Waals surface area contributed by atoms with Crippen LogP contribution in [0.2, 0.25) is 0 Å². The van der Waals surface area contributed by atoms with E-state index in [1.54, 1.807) is 6.26 Å². The van der Waals surface area contributed by atoms with Gasteiger partial charge in [-0.05, 0) is 37.8 Å². The number of hydrogen-bond acceptors (Lipinski definition) is 2.